The third-order valence-electron chi connectivity index (χ3n) is 3.88. The first-order valence-electron chi connectivity index (χ1n) is 8.34. The summed E-state index contributed by atoms with van der Waals surface area (Å²) in [4.78, 5) is 10.3. The summed E-state index contributed by atoms with van der Waals surface area (Å²) in [5.74, 6) is 1.38. The lowest BCUT2D eigenvalue weighted by molar-refractivity contribution is -0.384. The number of nitro benzene ring substituents is 1. The summed E-state index contributed by atoms with van der Waals surface area (Å²) in [6.45, 7) is 0.938. The van der Waals surface area contributed by atoms with Gasteiger partial charge in [-0.3, -0.25) is 10.1 Å². The summed E-state index contributed by atoms with van der Waals surface area (Å²) in [7, 11) is 0. The van der Waals surface area contributed by atoms with Crippen molar-refractivity contribution < 1.29 is 14.4 Å². The van der Waals surface area contributed by atoms with E-state index in [0.717, 1.165) is 11.1 Å². The Morgan fingerprint density at radius 3 is 2.00 bits per heavy atom. The molecule has 0 heterocycles. The molecule has 0 unspecified atom stereocenters. The third-order valence-corrected chi connectivity index (χ3v) is 3.88. The highest BCUT2D eigenvalue weighted by Crippen LogP contribution is 2.27. The molecule has 0 aromatic heterocycles. The van der Waals surface area contributed by atoms with Crippen LogP contribution in [-0.4, -0.2) is 11.5 Å². The molecule has 5 heteroatoms. The van der Waals surface area contributed by atoms with E-state index in [1.807, 2.05) is 54.6 Å². The van der Waals surface area contributed by atoms with Gasteiger partial charge in [-0.2, -0.15) is 0 Å². The molecule has 0 saturated carbocycles. The van der Waals surface area contributed by atoms with E-state index in [1.54, 1.807) is 12.1 Å². The number of non-ortho nitro benzene ring substituents is 1. The Hall–Kier alpha value is -3.34. The predicted molar refractivity (Wildman–Crippen MR) is 99.5 cm³/mol. The number of rotatable bonds is 8. The van der Waals surface area contributed by atoms with Crippen LogP contribution in [0.5, 0.6) is 11.5 Å². The molecule has 5 nitrogen and oxygen atoms in total. The first-order valence-corrected chi connectivity index (χ1v) is 8.34. The van der Waals surface area contributed by atoms with Gasteiger partial charge in [0.25, 0.3) is 5.69 Å². The zero-order chi connectivity index (χ0) is 18.2. The van der Waals surface area contributed by atoms with Gasteiger partial charge in [-0.05, 0) is 23.3 Å². The maximum absolute atomic E-state index is 10.7. The SMILES string of the molecule is O=[N+]([O-])c1ccc(CCOc2ccccc2OCc2ccccc2)cc1. The van der Waals surface area contributed by atoms with Crippen LogP contribution in [0.25, 0.3) is 0 Å². The average molecular weight is 349 g/mol. The molecule has 0 N–H and O–H groups in total. The molecule has 3 aromatic rings. The van der Waals surface area contributed by atoms with Crippen molar-refractivity contribution in [2.75, 3.05) is 6.61 Å². The topological polar surface area (TPSA) is 61.6 Å². The molecule has 3 aromatic carbocycles. The first-order chi connectivity index (χ1) is 12.7. The Bertz CT molecular complexity index is 847. The predicted octanol–water partition coefficient (Wildman–Crippen LogP) is 4.80. The van der Waals surface area contributed by atoms with Crippen LogP contribution in [0.15, 0.2) is 78.9 Å². The van der Waals surface area contributed by atoms with E-state index < -0.39 is 4.92 Å². The Balaban J connectivity index is 1.55. The van der Waals surface area contributed by atoms with E-state index in [9.17, 15) is 10.1 Å². The standard InChI is InChI=1S/C21H19NO4/c23-22(24)19-12-10-17(11-13-19)14-15-25-20-8-4-5-9-21(20)26-16-18-6-2-1-3-7-18/h1-13H,14-16H2. The monoisotopic (exact) mass is 349 g/mol. The molecule has 0 bridgehead atoms. The van der Waals surface area contributed by atoms with E-state index in [-0.39, 0.29) is 5.69 Å². The van der Waals surface area contributed by atoms with Gasteiger partial charge in [0.1, 0.15) is 6.61 Å². The number of para-hydroxylation sites is 2. The number of hydrogen-bond donors (Lipinski definition) is 0. The minimum absolute atomic E-state index is 0.0920. The molecule has 132 valence electrons. The van der Waals surface area contributed by atoms with Gasteiger partial charge < -0.3 is 9.47 Å². The zero-order valence-corrected chi connectivity index (χ0v) is 14.2. The zero-order valence-electron chi connectivity index (χ0n) is 14.2. The van der Waals surface area contributed by atoms with Crippen LogP contribution < -0.4 is 9.47 Å². The molecule has 0 aliphatic rings. The number of benzene rings is 3. The van der Waals surface area contributed by atoms with Gasteiger partial charge in [-0.25, -0.2) is 0 Å². The summed E-state index contributed by atoms with van der Waals surface area (Å²) >= 11 is 0. The van der Waals surface area contributed by atoms with Crippen molar-refractivity contribution in [3.8, 4) is 11.5 Å². The fourth-order valence-electron chi connectivity index (χ4n) is 2.49. The second-order valence-electron chi connectivity index (χ2n) is 5.74. The Morgan fingerprint density at radius 1 is 0.731 bits per heavy atom. The van der Waals surface area contributed by atoms with Crippen LogP contribution in [0, 0.1) is 10.1 Å². The van der Waals surface area contributed by atoms with Crippen LogP contribution >= 0.6 is 0 Å². The summed E-state index contributed by atoms with van der Waals surface area (Å²) < 4.78 is 11.7. The van der Waals surface area contributed by atoms with Crippen molar-refractivity contribution in [1.82, 2.24) is 0 Å². The van der Waals surface area contributed by atoms with Gasteiger partial charge in [0.05, 0.1) is 11.5 Å². The Kier molecular flexibility index (Phi) is 5.83. The van der Waals surface area contributed by atoms with Crippen molar-refractivity contribution in [1.29, 1.82) is 0 Å². The number of nitro groups is 1. The second kappa shape index (κ2) is 8.67. The molecule has 0 atom stereocenters. The summed E-state index contributed by atoms with van der Waals surface area (Å²) in [5.41, 5.74) is 2.17. The molecule has 0 amide bonds. The molecular formula is C21H19NO4. The summed E-state index contributed by atoms with van der Waals surface area (Å²) in [6.07, 6.45) is 0.658. The van der Waals surface area contributed by atoms with Crippen molar-refractivity contribution >= 4 is 5.69 Å². The second-order valence-corrected chi connectivity index (χ2v) is 5.74. The van der Waals surface area contributed by atoms with Crippen molar-refractivity contribution in [2.45, 2.75) is 13.0 Å². The van der Waals surface area contributed by atoms with E-state index in [0.29, 0.717) is 31.1 Å². The molecule has 0 radical (unpaired) electrons. The highest BCUT2D eigenvalue weighted by molar-refractivity contribution is 5.40. The lowest BCUT2D eigenvalue weighted by Gasteiger charge is -2.12. The number of nitrogens with zero attached hydrogens (tertiary/aromatic N) is 1. The molecule has 0 fully saturated rings. The molecule has 0 saturated heterocycles. The van der Waals surface area contributed by atoms with Gasteiger partial charge in [0.15, 0.2) is 11.5 Å². The summed E-state index contributed by atoms with van der Waals surface area (Å²) in [6, 6.07) is 24.0. The van der Waals surface area contributed by atoms with E-state index in [2.05, 4.69) is 0 Å². The molecule has 0 aliphatic heterocycles. The molecule has 0 aliphatic carbocycles. The van der Waals surface area contributed by atoms with Gasteiger partial charge in [0, 0.05) is 18.6 Å². The van der Waals surface area contributed by atoms with Gasteiger partial charge in [-0.15, -0.1) is 0 Å². The lowest BCUT2D eigenvalue weighted by atomic mass is 10.1. The average Bonchev–Trinajstić information content (AvgIpc) is 2.68. The van der Waals surface area contributed by atoms with Crippen LogP contribution in [0.1, 0.15) is 11.1 Å². The fraction of sp³-hybridized carbons (Fsp3) is 0.143. The summed E-state index contributed by atoms with van der Waals surface area (Å²) in [5, 5.41) is 10.7. The first kappa shape index (κ1) is 17.5. The van der Waals surface area contributed by atoms with Crippen LogP contribution in [-0.2, 0) is 13.0 Å². The number of ether oxygens (including phenoxy) is 2. The fourth-order valence-corrected chi connectivity index (χ4v) is 2.49. The molecular weight excluding hydrogens is 330 g/mol. The molecule has 0 spiro atoms. The van der Waals surface area contributed by atoms with Crippen LogP contribution in [0.2, 0.25) is 0 Å². The number of hydrogen-bond acceptors (Lipinski definition) is 4. The Morgan fingerprint density at radius 2 is 1.35 bits per heavy atom. The van der Waals surface area contributed by atoms with Crippen molar-refractivity contribution in [3.05, 3.63) is 100 Å². The maximum Gasteiger partial charge on any atom is 0.269 e. The highest BCUT2D eigenvalue weighted by atomic mass is 16.6. The van der Waals surface area contributed by atoms with E-state index >= 15 is 0 Å². The smallest absolute Gasteiger partial charge is 0.269 e. The van der Waals surface area contributed by atoms with Gasteiger partial charge in [0.2, 0.25) is 0 Å². The largest absolute Gasteiger partial charge is 0.489 e. The minimum atomic E-state index is -0.402. The normalized spacial score (nSPS) is 10.3. The molecule has 3 rings (SSSR count). The molecule has 26 heavy (non-hydrogen) atoms. The lowest BCUT2D eigenvalue weighted by Crippen LogP contribution is -2.04. The van der Waals surface area contributed by atoms with Crippen LogP contribution in [0.4, 0.5) is 5.69 Å². The van der Waals surface area contributed by atoms with Crippen molar-refractivity contribution in [3.63, 3.8) is 0 Å². The van der Waals surface area contributed by atoms with Gasteiger partial charge in [-0.1, -0.05) is 54.6 Å². The quantitative estimate of drug-likeness (QED) is 0.433. The van der Waals surface area contributed by atoms with Crippen molar-refractivity contribution in [2.24, 2.45) is 0 Å². The third kappa shape index (κ3) is 4.83. The maximum atomic E-state index is 10.7. The van der Waals surface area contributed by atoms with Crippen LogP contribution in [0.3, 0.4) is 0 Å². The van der Waals surface area contributed by atoms with Gasteiger partial charge >= 0.3 is 0 Å². The van der Waals surface area contributed by atoms with E-state index in [1.165, 1.54) is 12.1 Å². The highest BCUT2D eigenvalue weighted by Gasteiger charge is 2.06. The van der Waals surface area contributed by atoms with E-state index in [4.69, 9.17) is 9.47 Å². The minimum Gasteiger partial charge on any atom is -0.489 e. The Labute approximate surface area is 152 Å².